The SMILES string of the molecule is CS(=O)(=O)c1ccccc1-c1ccc(O[C@@H]2COC3C2OC[C@@H]3Oc2cccc(C(N)=O)c2)cc1. The van der Waals surface area contributed by atoms with E-state index in [1.807, 2.05) is 18.2 Å². The fraction of sp³-hybridized carbons (Fsp3) is 0.269. The molecule has 0 spiro atoms. The number of hydrogen-bond donors (Lipinski definition) is 1. The van der Waals surface area contributed by atoms with Gasteiger partial charge < -0.3 is 24.7 Å². The smallest absolute Gasteiger partial charge is 0.248 e. The van der Waals surface area contributed by atoms with Crippen molar-refractivity contribution in [2.75, 3.05) is 19.5 Å². The van der Waals surface area contributed by atoms with Crippen molar-refractivity contribution < 1.29 is 32.2 Å². The number of hydrogen-bond acceptors (Lipinski definition) is 7. The monoisotopic (exact) mass is 495 g/mol. The van der Waals surface area contributed by atoms with Crippen LogP contribution in [0.3, 0.4) is 0 Å². The number of fused-ring (bicyclic) bond motifs is 1. The molecule has 0 radical (unpaired) electrons. The van der Waals surface area contributed by atoms with Crippen molar-refractivity contribution in [3.05, 3.63) is 78.4 Å². The molecule has 3 aromatic carbocycles. The van der Waals surface area contributed by atoms with Gasteiger partial charge in [-0.3, -0.25) is 4.79 Å². The largest absolute Gasteiger partial charge is 0.485 e. The summed E-state index contributed by atoms with van der Waals surface area (Å²) in [7, 11) is -3.35. The second-order valence-electron chi connectivity index (χ2n) is 8.59. The standard InChI is InChI=1S/C26H25NO7S/c1-35(29,30)23-8-3-2-7-20(23)16-9-11-18(12-10-16)33-21-14-31-25-22(15-32-24(21)25)34-19-6-4-5-17(13-19)26(27)28/h2-13,21-22,24-25H,14-15H2,1H3,(H2,27,28)/t21-,22+,24?,25?/m1/s1. The Hall–Kier alpha value is -3.40. The van der Waals surface area contributed by atoms with E-state index in [1.54, 1.807) is 54.6 Å². The number of rotatable bonds is 7. The maximum absolute atomic E-state index is 12.1. The minimum atomic E-state index is -3.35. The van der Waals surface area contributed by atoms with Crippen LogP contribution in [-0.4, -0.2) is 58.2 Å². The van der Waals surface area contributed by atoms with Gasteiger partial charge in [0.15, 0.2) is 22.0 Å². The van der Waals surface area contributed by atoms with Gasteiger partial charge in [-0.05, 0) is 42.0 Å². The molecule has 2 fully saturated rings. The van der Waals surface area contributed by atoms with Gasteiger partial charge in [0.1, 0.15) is 23.7 Å². The number of amides is 1. The quantitative estimate of drug-likeness (QED) is 0.536. The molecule has 5 rings (SSSR count). The Labute approximate surface area is 203 Å². The van der Waals surface area contributed by atoms with E-state index in [4.69, 9.17) is 24.7 Å². The Kier molecular flexibility index (Phi) is 6.22. The molecule has 0 aromatic heterocycles. The van der Waals surface area contributed by atoms with Gasteiger partial charge in [0.2, 0.25) is 5.91 Å². The highest BCUT2D eigenvalue weighted by Crippen LogP contribution is 2.34. The third-order valence-corrected chi connectivity index (χ3v) is 7.26. The summed E-state index contributed by atoms with van der Waals surface area (Å²) in [6, 6.07) is 20.9. The number of carbonyl (C=O) groups is 1. The zero-order chi connectivity index (χ0) is 24.6. The van der Waals surface area contributed by atoms with Crippen molar-refractivity contribution in [1.82, 2.24) is 0 Å². The van der Waals surface area contributed by atoms with Gasteiger partial charge in [-0.25, -0.2) is 8.42 Å². The van der Waals surface area contributed by atoms with E-state index >= 15 is 0 Å². The maximum Gasteiger partial charge on any atom is 0.248 e. The van der Waals surface area contributed by atoms with Gasteiger partial charge in [0.05, 0.1) is 18.1 Å². The van der Waals surface area contributed by atoms with Gasteiger partial charge >= 0.3 is 0 Å². The van der Waals surface area contributed by atoms with Gasteiger partial charge in [-0.2, -0.15) is 0 Å². The average Bonchev–Trinajstić information content (AvgIpc) is 3.42. The number of nitrogens with two attached hydrogens (primary N) is 1. The number of benzene rings is 3. The van der Waals surface area contributed by atoms with Gasteiger partial charge in [-0.15, -0.1) is 0 Å². The van der Waals surface area contributed by atoms with Crippen molar-refractivity contribution in [2.45, 2.75) is 29.3 Å². The Morgan fingerprint density at radius 2 is 1.49 bits per heavy atom. The van der Waals surface area contributed by atoms with E-state index in [2.05, 4.69) is 0 Å². The molecule has 0 aliphatic carbocycles. The van der Waals surface area contributed by atoms with E-state index < -0.39 is 15.7 Å². The topological polar surface area (TPSA) is 114 Å². The van der Waals surface area contributed by atoms with Crippen molar-refractivity contribution in [1.29, 1.82) is 0 Å². The minimum absolute atomic E-state index is 0.285. The fourth-order valence-corrected chi connectivity index (χ4v) is 5.36. The average molecular weight is 496 g/mol. The predicted octanol–water partition coefficient (Wildman–Crippen LogP) is 2.85. The second kappa shape index (κ2) is 9.33. The fourth-order valence-electron chi connectivity index (χ4n) is 4.44. The van der Waals surface area contributed by atoms with E-state index in [9.17, 15) is 13.2 Å². The maximum atomic E-state index is 12.1. The summed E-state index contributed by atoms with van der Waals surface area (Å²) in [6.45, 7) is 0.673. The lowest BCUT2D eigenvalue weighted by atomic mass is 10.1. The summed E-state index contributed by atoms with van der Waals surface area (Å²) in [5.41, 5.74) is 7.14. The Morgan fingerprint density at radius 3 is 2.11 bits per heavy atom. The van der Waals surface area contributed by atoms with E-state index in [1.165, 1.54) is 6.26 Å². The summed E-state index contributed by atoms with van der Waals surface area (Å²) >= 11 is 0. The lowest BCUT2D eigenvalue weighted by molar-refractivity contribution is 0.0181. The summed E-state index contributed by atoms with van der Waals surface area (Å²) in [5.74, 6) is 0.628. The molecular formula is C26H25NO7S. The summed E-state index contributed by atoms with van der Waals surface area (Å²) < 4.78 is 48.3. The van der Waals surface area contributed by atoms with Crippen LogP contribution in [0.25, 0.3) is 11.1 Å². The lowest BCUT2D eigenvalue weighted by Crippen LogP contribution is -2.36. The van der Waals surface area contributed by atoms with Crippen molar-refractivity contribution in [2.24, 2.45) is 5.73 Å². The van der Waals surface area contributed by atoms with Crippen molar-refractivity contribution in [3.8, 4) is 22.6 Å². The van der Waals surface area contributed by atoms with Crippen LogP contribution in [0.5, 0.6) is 11.5 Å². The van der Waals surface area contributed by atoms with Crippen LogP contribution < -0.4 is 15.2 Å². The summed E-state index contributed by atoms with van der Waals surface area (Å²) in [5, 5.41) is 0. The number of carbonyl (C=O) groups excluding carboxylic acids is 1. The van der Waals surface area contributed by atoms with E-state index in [0.717, 1.165) is 5.56 Å². The molecule has 1 amide bonds. The first-order valence-corrected chi connectivity index (χ1v) is 13.0. The molecule has 0 saturated carbocycles. The predicted molar refractivity (Wildman–Crippen MR) is 128 cm³/mol. The van der Waals surface area contributed by atoms with Crippen LogP contribution in [0.2, 0.25) is 0 Å². The molecule has 2 heterocycles. The third kappa shape index (κ3) is 4.88. The molecule has 0 bridgehead atoms. The second-order valence-corrected chi connectivity index (χ2v) is 10.6. The van der Waals surface area contributed by atoms with Crippen LogP contribution in [-0.2, 0) is 19.3 Å². The third-order valence-electron chi connectivity index (χ3n) is 6.11. The number of sulfone groups is 1. The normalized spacial score (nSPS) is 23.6. The highest BCUT2D eigenvalue weighted by atomic mass is 32.2. The highest BCUT2D eigenvalue weighted by molar-refractivity contribution is 7.90. The van der Waals surface area contributed by atoms with Crippen LogP contribution in [0, 0.1) is 0 Å². The molecule has 2 saturated heterocycles. The Balaban J connectivity index is 1.25. The van der Waals surface area contributed by atoms with Crippen LogP contribution in [0.4, 0.5) is 0 Å². The molecule has 3 aromatic rings. The first-order valence-electron chi connectivity index (χ1n) is 11.2. The molecule has 2 unspecified atom stereocenters. The lowest BCUT2D eigenvalue weighted by Gasteiger charge is -2.19. The molecule has 9 heteroatoms. The summed E-state index contributed by atoms with van der Waals surface area (Å²) in [4.78, 5) is 11.7. The summed E-state index contributed by atoms with van der Waals surface area (Å²) in [6.07, 6.45) is -0.0678. The molecule has 4 atom stereocenters. The molecule has 8 nitrogen and oxygen atoms in total. The van der Waals surface area contributed by atoms with E-state index in [-0.39, 0.29) is 29.3 Å². The first-order chi connectivity index (χ1) is 16.8. The molecular weight excluding hydrogens is 470 g/mol. The zero-order valence-corrected chi connectivity index (χ0v) is 19.8. The number of primary amides is 1. The van der Waals surface area contributed by atoms with Crippen molar-refractivity contribution >= 4 is 15.7 Å². The van der Waals surface area contributed by atoms with E-state index in [0.29, 0.717) is 35.8 Å². The Bertz CT molecular complexity index is 1340. The highest BCUT2D eigenvalue weighted by Gasteiger charge is 2.50. The van der Waals surface area contributed by atoms with Gasteiger partial charge in [0, 0.05) is 17.4 Å². The Morgan fingerprint density at radius 1 is 0.857 bits per heavy atom. The van der Waals surface area contributed by atoms with Crippen molar-refractivity contribution in [3.63, 3.8) is 0 Å². The molecule has 182 valence electrons. The minimum Gasteiger partial charge on any atom is -0.485 e. The van der Waals surface area contributed by atoms with Crippen LogP contribution >= 0.6 is 0 Å². The molecule has 2 N–H and O–H groups in total. The van der Waals surface area contributed by atoms with Gasteiger partial charge in [-0.1, -0.05) is 36.4 Å². The molecule has 2 aliphatic rings. The molecule has 2 aliphatic heterocycles. The van der Waals surface area contributed by atoms with Gasteiger partial charge in [0.25, 0.3) is 0 Å². The first kappa shape index (κ1) is 23.3. The zero-order valence-electron chi connectivity index (χ0n) is 19.0. The van der Waals surface area contributed by atoms with Crippen LogP contribution in [0.15, 0.2) is 77.7 Å². The number of ether oxygens (including phenoxy) is 4. The molecule has 35 heavy (non-hydrogen) atoms. The van der Waals surface area contributed by atoms with Crippen LogP contribution in [0.1, 0.15) is 10.4 Å².